The molecule has 17 heavy (non-hydrogen) atoms. The van der Waals surface area contributed by atoms with Gasteiger partial charge in [-0.1, -0.05) is 6.92 Å². The van der Waals surface area contributed by atoms with E-state index in [1.807, 2.05) is 6.92 Å². The molecule has 0 spiro atoms. The van der Waals surface area contributed by atoms with Gasteiger partial charge in [-0.05, 0) is 59.5 Å². The number of aliphatic hydroxyl groups is 1. The van der Waals surface area contributed by atoms with Gasteiger partial charge in [-0.2, -0.15) is 0 Å². The summed E-state index contributed by atoms with van der Waals surface area (Å²) in [5, 5.41) is 13.3. The second-order valence-electron chi connectivity index (χ2n) is 5.61. The van der Waals surface area contributed by atoms with Crippen LogP contribution in [0.15, 0.2) is 0 Å². The van der Waals surface area contributed by atoms with Gasteiger partial charge < -0.3 is 10.4 Å². The Morgan fingerprint density at radius 3 is 2.29 bits per heavy atom. The predicted molar refractivity (Wildman–Crippen MR) is 73.2 cm³/mol. The second kappa shape index (κ2) is 7.34. The lowest BCUT2D eigenvalue weighted by molar-refractivity contribution is 0.0468. The Labute approximate surface area is 107 Å². The van der Waals surface area contributed by atoms with Gasteiger partial charge in [0.05, 0.1) is 6.10 Å². The molecule has 1 saturated carbocycles. The smallest absolute Gasteiger partial charge is 0.0664 e. The third-order valence-electron chi connectivity index (χ3n) is 4.30. The van der Waals surface area contributed by atoms with Crippen molar-refractivity contribution in [3.05, 3.63) is 0 Å². The first-order chi connectivity index (χ1) is 8.06. The summed E-state index contributed by atoms with van der Waals surface area (Å²) < 4.78 is 0. The van der Waals surface area contributed by atoms with Crippen molar-refractivity contribution in [3.8, 4) is 0 Å². The van der Waals surface area contributed by atoms with Crippen LogP contribution in [0.3, 0.4) is 0 Å². The number of nitrogens with zero attached hydrogens (tertiary/aromatic N) is 1. The van der Waals surface area contributed by atoms with E-state index in [1.165, 1.54) is 32.1 Å². The van der Waals surface area contributed by atoms with Crippen molar-refractivity contribution >= 4 is 0 Å². The SMILES string of the molecule is CCCNC1CCC(N(C)C(C)C(C)O)CC1. The van der Waals surface area contributed by atoms with Crippen LogP contribution in [0.5, 0.6) is 0 Å². The van der Waals surface area contributed by atoms with E-state index in [-0.39, 0.29) is 12.1 Å². The molecule has 0 bridgehead atoms. The lowest BCUT2D eigenvalue weighted by Gasteiger charge is -2.39. The molecule has 2 unspecified atom stereocenters. The fourth-order valence-electron chi connectivity index (χ4n) is 2.71. The molecule has 0 aromatic carbocycles. The molecular formula is C14H30N2O. The zero-order chi connectivity index (χ0) is 12.8. The van der Waals surface area contributed by atoms with Crippen LogP contribution in [-0.4, -0.2) is 47.8 Å². The largest absolute Gasteiger partial charge is 0.392 e. The Morgan fingerprint density at radius 1 is 1.24 bits per heavy atom. The number of hydrogen-bond donors (Lipinski definition) is 2. The van der Waals surface area contributed by atoms with Crippen molar-refractivity contribution < 1.29 is 5.11 Å². The first kappa shape index (κ1) is 14.9. The lowest BCUT2D eigenvalue weighted by Crippen LogP contribution is -2.47. The maximum absolute atomic E-state index is 9.64. The number of nitrogens with one attached hydrogen (secondary N) is 1. The summed E-state index contributed by atoms with van der Waals surface area (Å²) in [7, 11) is 2.15. The summed E-state index contributed by atoms with van der Waals surface area (Å²) in [6.07, 6.45) is 6.06. The van der Waals surface area contributed by atoms with Crippen LogP contribution in [0, 0.1) is 0 Å². The van der Waals surface area contributed by atoms with E-state index in [1.54, 1.807) is 0 Å². The van der Waals surface area contributed by atoms with E-state index in [0.717, 1.165) is 12.6 Å². The van der Waals surface area contributed by atoms with Gasteiger partial charge in [0.2, 0.25) is 0 Å². The van der Waals surface area contributed by atoms with Crippen LogP contribution in [0.2, 0.25) is 0 Å². The van der Waals surface area contributed by atoms with Gasteiger partial charge >= 0.3 is 0 Å². The standard InChI is InChI=1S/C14H30N2O/c1-5-10-15-13-6-8-14(9-7-13)16(4)11(2)12(3)17/h11-15,17H,5-10H2,1-4H3. The molecule has 0 amide bonds. The molecule has 2 atom stereocenters. The minimum Gasteiger partial charge on any atom is -0.392 e. The van der Waals surface area contributed by atoms with Crippen LogP contribution in [0.1, 0.15) is 52.9 Å². The molecule has 102 valence electrons. The summed E-state index contributed by atoms with van der Waals surface area (Å²) >= 11 is 0. The summed E-state index contributed by atoms with van der Waals surface area (Å²) in [5.74, 6) is 0. The monoisotopic (exact) mass is 242 g/mol. The van der Waals surface area contributed by atoms with Crippen molar-refractivity contribution in [2.45, 2.75) is 77.1 Å². The number of aliphatic hydroxyl groups excluding tert-OH is 1. The fraction of sp³-hybridized carbons (Fsp3) is 1.00. The van der Waals surface area contributed by atoms with E-state index in [9.17, 15) is 5.11 Å². The number of likely N-dealkylation sites (N-methyl/N-ethyl adjacent to an activating group) is 1. The third kappa shape index (κ3) is 4.57. The van der Waals surface area contributed by atoms with Gasteiger partial charge in [0.15, 0.2) is 0 Å². The molecule has 1 rings (SSSR count). The topological polar surface area (TPSA) is 35.5 Å². The molecule has 0 radical (unpaired) electrons. The minimum atomic E-state index is -0.240. The predicted octanol–water partition coefficient (Wildman–Crippen LogP) is 2.00. The highest BCUT2D eigenvalue weighted by molar-refractivity contribution is 4.84. The molecule has 1 aliphatic rings. The Kier molecular flexibility index (Phi) is 6.45. The number of hydrogen-bond acceptors (Lipinski definition) is 3. The van der Waals surface area contributed by atoms with Gasteiger partial charge in [0.1, 0.15) is 0 Å². The molecule has 0 heterocycles. The van der Waals surface area contributed by atoms with Crippen molar-refractivity contribution in [2.75, 3.05) is 13.6 Å². The average molecular weight is 242 g/mol. The summed E-state index contributed by atoms with van der Waals surface area (Å²) in [6, 6.07) is 1.64. The van der Waals surface area contributed by atoms with Gasteiger partial charge in [0, 0.05) is 18.1 Å². The molecule has 1 fully saturated rings. The molecular weight excluding hydrogens is 212 g/mol. The Bertz CT molecular complexity index is 200. The zero-order valence-electron chi connectivity index (χ0n) is 11.9. The lowest BCUT2D eigenvalue weighted by atomic mass is 9.89. The van der Waals surface area contributed by atoms with Crippen molar-refractivity contribution in [1.29, 1.82) is 0 Å². The van der Waals surface area contributed by atoms with Crippen LogP contribution in [0.4, 0.5) is 0 Å². The normalized spacial score (nSPS) is 29.3. The average Bonchev–Trinajstić information content (AvgIpc) is 2.35. The van der Waals surface area contributed by atoms with E-state index in [0.29, 0.717) is 6.04 Å². The highest BCUT2D eigenvalue weighted by Gasteiger charge is 2.27. The highest BCUT2D eigenvalue weighted by atomic mass is 16.3. The van der Waals surface area contributed by atoms with E-state index in [4.69, 9.17) is 0 Å². The summed E-state index contributed by atoms with van der Waals surface area (Å²) in [5.41, 5.74) is 0. The summed E-state index contributed by atoms with van der Waals surface area (Å²) in [4.78, 5) is 2.36. The van der Waals surface area contributed by atoms with E-state index >= 15 is 0 Å². The fourth-order valence-corrected chi connectivity index (χ4v) is 2.71. The van der Waals surface area contributed by atoms with Gasteiger partial charge in [0.25, 0.3) is 0 Å². The molecule has 0 aliphatic heterocycles. The van der Waals surface area contributed by atoms with Crippen LogP contribution < -0.4 is 5.32 Å². The number of rotatable bonds is 6. The quantitative estimate of drug-likeness (QED) is 0.748. The Morgan fingerprint density at radius 2 is 1.82 bits per heavy atom. The molecule has 3 heteroatoms. The maximum Gasteiger partial charge on any atom is 0.0664 e. The Hall–Kier alpha value is -0.120. The van der Waals surface area contributed by atoms with E-state index < -0.39 is 0 Å². The van der Waals surface area contributed by atoms with Crippen molar-refractivity contribution in [2.24, 2.45) is 0 Å². The molecule has 0 saturated heterocycles. The highest BCUT2D eigenvalue weighted by Crippen LogP contribution is 2.24. The molecule has 1 aliphatic carbocycles. The first-order valence-electron chi connectivity index (χ1n) is 7.19. The minimum absolute atomic E-state index is 0.240. The van der Waals surface area contributed by atoms with Gasteiger partial charge in [-0.3, -0.25) is 4.90 Å². The molecule has 2 N–H and O–H groups in total. The maximum atomic E-state index is 9.64. The zero-order valence-corrected chi connectivity index (χ0v) is 11.9. The van der Waals surface area contributed by atoms with Gasteiger partial charge in [-0.25, -0.2) is 0 Å². The van der Waals surface area contributed by atoms with Crippen LogP contribution in [-0.2, 0) is 0 Å². The van der Waals surface area contributed by atoms with Crippen LogP contribution >= 0.6 is 0 Å². The Balaban J connectivity index is 2.31. The van der Waals surface area contributed by atoms with Crippen molar-refractivity contribution in [1.82, 2.24) is 10.2 Å². The first-order valence-corrected chi connectivity index (χ1v) is 7.19. The van der Waals surface area contributed by atoms with Crippen molar-refractivity contribution in [3.63, 3.8) is 0 Å². The second-order valence-corrected chi connectivity index (χ2v) is 5.61. The molecule has 0 aromatic rings. The van der Waals surface area contributed by atoms with Crippen LogP contribution in [0.25, 0.3) is 0 Å². The van der Waals surface area contributed by atoms with E-state index in [2.05, 4.69) is 31.1 Å². The molecule has 0 aromatic heterocycles. The molecule has 3 nitrogen and oxygen atoms in total. The third-order valence-corrected chi connectivity index (χ3v) is 4.30. The summed E-state index contributed by atoms with van der Waals surface area (Å²) in [6.45, 7) is 7.37. The van der Waals surface area contributed by atoms with Gasteiger partial charge in [-0.15, -0.1) is 0 Å².